The molecule has 0 bridgehead atoms. The van der Waals surface area contributed by atoms with E-state index in [9.17, 15) is 9.18 Å². The van der Waals surface area contributed by atoms with E-state index in [1.165, 1.54) is 31.4 Å². The predicted molar refractivity (Wildman–Crippen MR) is 100 cm³/mol. The molecule has 1 unspecified atom stereocenters. The lowest BCUT2D eigenvalue weighted by Crippen LogP contribution is -2.41. The summed E-state index contributed by atoms with van der Waals surface area (Å²) < 4.78 is 13.3. The van der Waals surface area contributed by atoms with Crippen molar-refractivity contribution in [1.29, 1.82) is 0 Å². The summed E-state index contributed by atoms with van der Waals surface area (Å²) in [5, 5.41) is 0.844. The molecule has 0 spiro atoms. The van der Waals surface area contributed by atoms with Gasteiger partial charge in [-0.05, 0) is 56.5 Å². The van der Waals surface area contributed by atoms with E-state index >= 15 is 0 Å². The number of nitrogens with zero attached hydrogens (tertiary/aromatic N) is 3. The molecule has 5 heteroatoms. The van der Waals surface area contributed by atoms with Crippen LogP contribution in [0, 0.1) is 5.82 Å². The van der Waals surface area contributed by atoms with Gasteiger partial charge in [-0.2, -0.15) is 0 Å². The molecule has 1 aromatic heterocycles. The first kappa shape index (κ1) is 17.4. The van der Waals surface area contributed by atoms with Crippen molar-refractivity contribution in [2.24, 2.45) is 0 Å². The Hall–Kier alpha value is -2.01. The Morgan fingerprint density at radius 3 is 2.88 bits per heavy atom. The van der Waals surface area contributed by atoms with Crippen molar-refractivity contribution in [3.8, 4) is 0 Å². The zero-order chi connectivity index (χ0) is 17.9. The fourth-order valence-corrected chi connectivity index (χ4v) is 4.28. The SMILES string of the molecule is O=C1CCCN1CCC1CCCCN1Cc1ccc2cc(F)ccc2n1. The van der Waals surface area contributed by atoms with Crippen molar-refractivity contribution in [3.63, 3.8) is 0 Å². The molecule has 0 saturated carbocycles. The van der Waals surface area contributed by atoms with Crippen LogP contribution in [0.4, 0.5) is 4.39 Å². The second kappa shape index (κ2) is 7.70. The number of piperidine rings is 1. The molecule has 1 amide bonds. The summed E-state index contributed by atoms with van der Waals surface area (Å²) in [6.07, 6.45) is 6.45. The third-order valence-corrected chi connectivity index (χ3v) is 5.73. The van der Waals surface area contributed by atoms with Crippen molar-refractivity contribution >= 4 is 16.8 Å². The molecule has 2 aromatic rings. The highest BCUT2D eigenvalue weighted by Gasteiger charge is 2.26. The summed E-state index contributed by atoms with van der Waals surface area (Å²) in [5.41, 5.74) is 1.88. The molecule has 26 heavy (non-hydrogen) atoms. The first-order valence-corrected chi connectivity index (χ1v) is 9.76. The Balaban J connectivity index is 1.42. The average molecular weight is 355 g/mol. The van der Waals surface area contributed by atoms with Crippen LogP contribution in [0.15, 0.2) is 30.3 Å². The molecule has 1 atom stereocenters. The third-order valence-electron chi connectivity index (χ3n) is 5.73. The lowest BCUT2D eigenvalue weighted by molar-refractivity contribution is -0.127. The van der Waals surface area contributed by atoms with Gasteiger partial charge in [0.25, 0.3) is 0 Å². The quantitative estimate of drug-likeness (QED) is 0.820. The summed E-state index contributed by atoms with van der Waals surface area (Å²) in [5.74, 6) is 0.0930. The second-order valence-electron chi connectivity index (χ2n) is 7.53. The maximum absolute atomic E-state index is 13.3. The molecule has 2 saturated heterocycles. The molecule has 0 radical (unpaired) electrons. The topological polar surface area (TPSA) is 36.4 Å². The minimum Gasteiger partial charge on any atom is -0.343 e. The molecular weight excluding hydrogens is 329 g/mol. The van der Waals surface area contributed by atoms with Crippen LogP contribution in [-0.4, -0.2) is 46.4 Å². The van der Waals surface area contributed by atoms with Gasteiger partial charge in [-0.1, -0.05) is 12.5 Å². The van der Waals surface area contributed by atoms with Crippen LogP contribution in [-0.2, 0) is 11.3 Å². The van der Waals surface area contributed by atoms with Crippen LogP contribution < -0.4 is 0 Å². The smallest absolute Gasteiger partial charge is 0.222 e. The van der Waals surface area contributed by atoms with Crippen molar-refractivity contribution in [1.82, 2.24) is 14.8 Å². The standard InChI is InChI=1S/C21H26FN3O/c22-17-7-9-20-16(14-17)6-8-18(23-20)15-25-11-2-1-4-19(25)10-13-24-12-3-5-21(24)26/h6-9,14,19H,1-5,10-13,15H2. The summed E-state index contributed by atoms with van der Waals surface area (Å²) >= 11 is 0. The highest BCUT2D eigenvalue weighted by atomic mass is 19.1. The first-order valence-electron chi connectivity index (χ1n) is 9.76. The first-order chi connectivity index (χ1) is 12.7. The molecule has 0 N–H and O–H groups in total. The highest BCUT2D eigenvalue weighted by Crippen LogP contribution is 2.24. The maximum atomic E-state index is 13.3. The monoisotopic (exact) mass is 355 g/mol. The summed E-state index contributed by atoms with van der Waals surface area (Å²) in [6, 6.07) is 9.24. The number of hydrogen-bond acceptors (Lipinski definition) is 3. The molecule has 0 aliphatic carbocycles. The normalized spacial score (nSPS) is 21.7. The number of rotatable bonds is 5. The largest absolute Gasteiger partial charge is 0.343 e. The number of aromatic nitrogens is 1. The van der Waals surface area contributed by atoms with Crippen LogP contribution >= 0.6 is 0 Å². The molecule has 2 fully saturated rings. The fourth-order valence-electron chi connectivity index (χ4n) is 4.28. The Morgan fingerprint density at radius 1 is 1.12 bits per heavy atom. The Morgan fingerprint density at radius 2 is 2.04 bits per heavy atom. The number of hydrogen-bond donors (Lipinski definition) is 0. The number of pyridine rings is 1. The molecule has 2 aliphatic rings. The molecule has 4 rings (SSSR count). The fraction of sp³-hybridized carbons (Fsp3) is 0.524. The van der Waals surface area contributed by atoms with Gasteiger partial charge in [-0.15, -0.1) is 0 Å². The van der Waals surface area contributed by atoms with E-state index in [-0.39, 0.29) is 5.82 Å². The minimum absolute atomic E-state index is 0.223. The van der Waals surface area contributed by atoms with Crippen LogP contribution in [0.25, 0.3) is 10.9 Å². The van der Waals surface area contributed by atoms with E-state index in [2.05, 4.69) is 4.90 Å². The number of likely N-dealkylation sites (tertiary alicyclic amines) is 2. The van der Waals surface area contributed by atoms with E-state index in [0.29, 0.717) is 11.9 Å². The van der Waals surface area contributed by atoms with E-state index in [1.54, 1.807) is 6.07 Å². The van der Waals surface area contributed by atoms with Gasteiger partial charge in [0.2, 0.25) is 5.91 Å². The van der Waals surface area contributed by atoms with Gasteiger partial charge in [0, 0.05) is 37.5 Å². The van der Waals surface area contributed by atoms with E-state index < -0.39 is 0 Å². The molecule has 2 aliphatic heterocycles. The van der Waals surface area contributed by atoms with E-state index in [1.807, 2.05) is 17.0 Å². The predicted octanol–water partition coefficient (Wildman–Crippen LogP) is 3.74. The second-order valence-corrected chi connectivity index (χ2v) is 7.53. The minimum atomic E-state index is -0.223. The van der Waals surface area contributed by atoms with Gasteiger partial charge in [0.05, 0.1) is 11.2 Å². The summed E-state index contributed by atoms with van der Waals surface area (Å²) in [4.78, 5) is 21.1. The van der Waals surface area contributed by atoms with Gasteiger partial charge in [0.1, 0.15) is 5.82 Å². The lowest BCUT2D eigenvalue weighted by Gasteiger charge is -2.36. The molecule has 4 nitrogen and oxygen atoms in total. The Bertz CT molecular complexity index is 794. The van der Waals surface area contributed by atoms with Crippen LogP contribution in [0.1, 0.15) is 44.2 Å². The summed E-state index contributed by atoms with van der Waals surface area (Å²) in [7, 11) is 0. The van der Waals surface area contributed by atoms with Gasteiger partial charge in [-0.25, -0.2) is 4.39 Å². The highest BCUT2D eigenvalue weighted by molar-refractivity contribution is 5.78. The number of benzene rings is 1. The lowest BCUT2D eigenvalue weighted by atomic mass is 9.98. The van der Waals surface area contributed by atoms with Crippen molar-refractivity contribution in [2.45, 2.75) is 51.1 Å². The number of carbonyl (C=O) groups is 1. The van der Waals surface area contributed by atoms with Gasteiger partial charge in [0.15, 0.2) is 0 Å². The van der Waals surface area contributed by atoms with E-state index in [4.69, 9.17) is 4.98 Å². The van der Waals surface area contributed by atoms with Crippen LogP contribution in [0.3, 0.4) is 0 Å². The zero-order valence-electron chi connectivity index (χ0n) is 15.2. The van der Waals surface area contributed by atoms with Gasteiger partial charge < -0.3 is 4.90 Å². The molecule has 138 valence electrons. The molecule has 1 aromatic carbocycles. The van der Waals surface area contributed by atoms with Crippen LogP contribution in [0.2, 0.25) is 0 Å². The average Bonchev–Trinajstić information content (AvgIpc) is 3.06. The zero-order valence-corrected chi connectivity index (χ0v) is 15.2. The number of fused-ring (bicyclic) bond motifs is 1. The van der Waals surface area contributed by atoms with Crippen molar-refractivity contribution in [3.05, 3.63) is 41.8 Å². The number of halogens is 1. The Kier molecular flexibility index (Phi) is 5.16. The van der Waals surface area contributed by atoms with Gasteiger partial charge >= 0.3 is 0 Å². The maximum Gasteiger partial charge on any atom is 0.222 e. The van der Waals surface area contributed by atoms with Crippen LogP contribution in [0.5, 0.6) is 0 Å². The van der Waals surface area contributed by atoms with Crippen molar-refractivity contribution in [2.75, 3.05) is 19.6 Å². The molecular formula is C21H26FN3O. The third kappa shape index (κ3) is 3.88. The number of carbonyl (C=O) groups excluding carboxylic acids is 1. The van der Waals surface area contributed by atoms with E-state index in [0.717, 1.165) is 62.0 Å². The van der Waals surface area contributed by atoms with Gasteiger partial charge in [-0.3, -0.25) is 14.7 Å². The van der Waals surface area contributed by atoms with Crippen molar-refractivity contribution < 1.29 is 9.18 Å². The summed E-state index contributed by atoms with van der Waals surface area (Å²) in [6.45, 7) is 3.71. The Labute approximate surface area is 154 Å². The molecule has 3 heterocycles. The number of amides is 1.